The Bertz CT molecular complexity index is 1060. The number of fused-ring (bicyclic) bond motifs is 1. The second-order valence-electron chi connectivity index (χ2n) is 5.93. The van der Waals surface area contributed by atoms with Crippen LogP contribution in [0.15, 0.2) is 11.7 Å². The molecule has 0 amide bonds. The molecule has 10 heteroatoms. The lowest BCUT2D eigenvalue weighted by Gasteiger charge is -2.11. The molecule has 0 spiro atoms. The molecule has 27 heavy (non-hydrogen) atoms. The topological polar surface area (TPSA) is 123 Å². The fraction of sp³-hybridized carbons (Fsp3) is 0.353. The number of hydrogen-bond acceptors (Lipinski definition) is 9. The summed E-state index contributed by atoms with van der Waals surface area (Å²) < 4.78 is 6.63. The Labute approximate surface area is 158 Å². The van der Waals surface area contributed by atoms with Crippen LogP contribution >= 0.6 is 11.3 Å². The highest BCUT2D eigenvalue weighted by molar-refractivity contribution is 7.09. The summed E-state index contributed by atoms with van der Waals surface area (Å²) in [5.74, 6) is -1.66. The van der Waals surface area contributed by atoms with Crippen LogP contribution in [-0.4, -0.2) is 42.9 Å². The van der Waals surface area contributed by atoms with Crippen LogP contribution in [0.4, 0.5) is 0 Å². The zero-order valence-corrected chi connectivity index (χ0v) is 15.8. The average molecular weight is 384 g/mol. The number of carbonyl (C=O) groups is 2. The van der Waals surface area contributed by atoms with E-state index in [-0.39, 0.29) is 6.42 Å². The van der Waals surface area contributed by atoms with Crippen LogP contribution in [0.25, 0.3) is 5.78 Å². The van der Waals surface area contributed by atoms with Gasteiger partial charge in [-0.1, -0.05) is 0 Å². The van der Waals surface area contributed by atoms with Crippen LogP contribution in [0.2, 0.25) is 0 Å². The first-order valence-corrected chi connectivity index (χ1v) is 8.94. The third-order valence-corrected chi connectivity index (χ3v) is 5.05. The van der Waals surface area contributed by atoms with Gasteiger partial charge in [-0.2, -0.15) is 15.3 Å². The maximum atomic E-state index is 12.2. The van der Waals surface area contributed by atoms with Crippen molar-refractivity contribution < 1.29 is 14.3 Å². The highest BCUT2D eigenvalue weighted by Crippen LogP contribution is 2.21. The number of rotatable bonds is 6. The van der Waals surface area contributed by atoms with Gasteiger partial charge in [-0.15, -0.1) is 11.3 Å². The van der Waals surface area contributed by atoms with Crippen LogP contribution < -0.4 is 0 Å². The first-order valence-electron chi connectivity index (χ1n) is 8.06. The van der Waals surface area contributed by atoms with Gasteiger partial charge in [0, 0.05) is 28.0 Å². The lowest BCUT2D eigenvalue weighted by atomic mass is 10.1. The lowest BCUT2D eigenvalue weighted by Crippen LogP contribution is -2.21. The van der Waals surface area contributed by atoms with E-state index in [1.54, 1.807) is 26.2 Å². The fourth-order valence-corrected chi connectivity index (χ4v) is 3.47. The number of esters is 1. The van der Waals surface area contributed by atoms with E-state index < -0.39 is 24.3 Å². The van der Waals surface area contributed by atoms with Crippen molar-refractivity contribution in [3.8, 4) is 6.07 Å². The average Bonchev–Trinajstić information content (AvgIpc) is 3.26. The molecule has 0 aliphatic rings. The van der Waals surface area contributed by atoms with E-state index in [1.807, 2.05) is 6.07 Å². The highest BCUT2D eigenvalue weighted by Gasteiger charge is 2.25. The Morgan fingerprint density at radius 2 is 2.11 bits per heavy atom. The molecule has 0 saturated carbocycles. The molecular formula is C17H16N6O3S. The minimum Gasteiger partial charge on any atom is -0.457 e. The SMILES string of the molecule is Cc1csc([C@@H](C#N)C(=O)COC(=O)Cc2c(C)nc3ncnn3c2C)n1. The predicted molar refractivity (Wildman–Crippen MR) is 95.1 cm³/mol. The molecule has 0 aliphatic heterocycles. The van der Waals surface area contributed by atoms with Gasteiger partial charge in [0.2, 0.25) is 0 Å². The van der Waals surface area contributed by atoms with Gasteiger partial charge in [0.15, 0.2) is 18.3 Å². The van der Waals surface area contributed by atoms with E-state index in [1.165, 1.54) is 22.2 Å². The molecular weight excluding hydrogens is 368 g/mol. The minimum absolute atomic E-state index is 0.0542. The molecule has 0 bridgehead atoms. The van der Waals surface area contributed by atoms with E-state index in [9.17, 15) is 14.9 Å². The van der Waals surface area contributed by atoms with Crippen molar-refractivity contribution in [2.45, 2.75) is 33.1 Å². The molecule has 0 aliphatic carbocycles. The molecule has 3 aromatic heterocycles. The van der Waals surface area contributed by atoms with Gasteiger partial charge in [0.1, 0.15) is 11.3 Å². The van der Waals surface area contributed by atoms with Gasteiger partial charge in [-0.3, -0.25) is 9.59 Å². The highest BCUT2D eigenvalue weighted by atomic mass is 32.1. The number of aromatic nitrogens is 5. The van der Waals surface area contributed by atoms with Crippen LogP contribution in [0.1, 0.15) is 33.6 Å². The first-order chi connectivity index (χ1) is 12.9. The number of nitrogens with zero attached hydrogens (tertiary/aromatic N) is 6. The molecule has 9 nitrogen and oxygen atoms in total. The van der Waals surface area contributed by atoms with E-state index in [0.717, 1.165) is 11.4 Å². The van der Waals surface area contributed by atoms with Gasteiger partial charge in [-0.25, -0.2) is 14.5 Å². The molecule has 138 valence electrons. The molecule has 0 aromatic carbocycles. The number of aryl methyl sites for hydroxylation is 3. The summed E-state index contributed by atoms with van der Waals surface area (Å²) in [6, 6.07) is 1.92. The smallest absolute Gasteiger partial charge is 0.310 e. The molecule has 0 fully saturated rings. The van der Waals surface area contributed by atoms with Crippen molar-refractivity contribution in [1.82, 2.24) is 24.6 Å². The molecule has 3 aromatic rings. The fourth-order valence-electron chi connectivity index (χ4n) is 2.61. The normalized spacial score (nSPS) is 11.9. The summed E-state index contributed by atoms with van der Waals surface area (Å²) in [5, 5.41) is 15.5. The van der Waals surface area contributed by atoms with E-state index in [0.29, 0.717) is 22.0 Å². The molecule has 0 unspecified atom stereocenters. The molecule has 0 saturated heterocycles. The molecule has 3 heterocycles. The van der Waals surface area contributed by atoms with Gasteiger partial charge < -0.3 is 4.74 Å². The van der Waals surface area contributed by atoms with Crippen molar-refractivity contribution in [1.29, 1.82) is 5.26 Å². The van der Waals surface area contributed by atoms with E-state index >= 15 is 0 Å². The molecule has 0 radical (unpaired) electrons. The van der Waals surface area contributed by atoms with Crippen LogP contribution in [-0.2, 0) is 20.7 Å². The third-order valence-electron chi connectivity index (χ3n) is 4.02. The van der Waals surface area contributed by atoms with E-state index in [4.69, 9.17) is 4.74 Å². The minimum atomic E-state index is -1.03. The quantitative estimate of drug-likeness (QED) is 0.585. The van der Waals surface area contributed by atoms with Crippen molar-refractivity contribution in [2.75, 3.05) is 6.61 Å². The number of ether oxygens (including phenoxy) is 1. The monoisotopic (exact) mass is 384 g/mol. The summed E-state index contributed by atoms with van der Waals surface area (Å²) in [4.78, 5) is 36.9. The van der Waals surface area contributed by atoms with Crippen LogP contribution in [0.5, 0.6) is 0 Å². The van der Waals surface area contributed by atoms with Gasteiger partial charge in [0.25, 0.3) is 5.78 Å². The Morgan fingerprint density at radius 1 is 1.33 bits per heavy atom. The molecule has 3 rings (SSSR count). The Balaban J connectivity index is 1.66. The zero-order chi connectivity index (χ0) is 19.6. The largest absolute Gasteiger partial charge is 0.457 e. The summed E-state index contributed by atoms with van der Waals surface area (Å²) in [6.07, 6.45) is 1.33. The second-order valence-corrected chi connectivity index (χ2v) is 6.82. The Kier molecular flexibility index (Phi) is 5.23. The Morgan fingerprint density at radius 3 is 2.78 bits per heavy atom. The first kappa shape index (κ1) is 18.6. The number of Topliss-reactive ketones (excluding diaryl/α,β-unsaturated/α-hetero) is 1. The van der Waals surface area contributed by atoms with Crippen LogP contribution in [0, 0.1) is 32.1 Å². The van der Waals surface area contributed by atoms with Crippen molar-refractivity contribution in [3.63, 3.8) is 0 Å². The van der Waals surface area contributed by atoms with Gasteiger partial charge in [-0.05, 0) is 20.8 Å². The number of ketones is 1. The van der Waals surface area contributed by atoms with Crippen molar-refractivity contribution in [3.05, 3.63) is 39.4 Å². The number of hydrogen-bond donors (Lipinski definition) is 0. The van der Waals surface area contributed by atoms with Crippen molar-refractivity contribution >= 4 is 28.9 Å². The summed E-state index contributed by atoms with van der Waals surface area (Å²) >= 11 is 1.23. The standard InChI is InChI=1S/C17H16N6O3S/c1-9-7-27-16(21-9)13(5-18)14(24)6-26-15(25)4-12-10(2)22-17-19-8-20-23(17)11(12)3/h7-8,13H,4,6H2,1-3H3/t13-/m0/s1. The van der Waals surface area contributed by atoms with Gasteiger partial charge in [0.05, 0.1) is 12.5 Å². The maximum Gasteiger partial charge on any atom is 0.310 e. The Hall–Kier alpha value is -3.19. The third kappa shape index (κ3) is 3.83. The number of thiazole rings is 1. The predicted octanol–water partition coefficient (Wildman–Crippen LogP) is 1.47. The van der Waals surface area contributed by atoms with E-state index in [2.05, 4.69) is 20.1 Å². The maximum absolute atomic E-state index is 12.2. The molecule has 0 N–H and O–H groups in total. The second kappa shape index (κ2) is 7.59. The number of carbonyl (C=O) groups excluding carboxylic acids is 2. The zero-order valence-electron chi connectivity index (χ0n) is 15.0. The number of nitriles is 1. The lowest BCUT2D eigenvalue weighted by molar-refractivity contribution is -0.147. The summed E-state index contributed by atoms with van der Waals surface area (Å²) in [6.45, 7) is 4.88. The molecule has 1 atom stereocenters. The van der Waals surface area contributed by atoms with Gasteiger partial charge >= 0.3 is 5.97 Å². The van der Waals surface area contributed by atoms with Crippen molar-refractivity contribution in [2.24, 2.45) is 0 Å². The summed E-state index contributed by atoms with van der Waals surface area (Å²) in [5.41, 5.74) is 2.77. The summed E-state index contributed by atoms with van der Waals surface area (Å²) in [7, 11) is 0. The van der Waals surface area contributed by atoms with Crippen LogP contribution in [0.3, 0.4) is 0 Å².